The lowest BCUT2D eigenvalue weighted by molar-refractivity contribution is 0.706. The number of fused-ring (bicyclic) bond motifs is 2. The van der Waals surface area contributed by atoms with Gasteiger partial charge in [-0.2, -0.15) is 0 Å². The summed E-state index contributed by atoms with van der Waals surface area (Å²) in [4.78, 5) is 0. The highest BCUT2D eigenvalue weighted by Crippen LogP contribution is 2.33. The van der Waals surface area contributed by atoms with Crippen LogP contribution in [0.1, 0.15) is 51.9 Å². The van der Waals surface area contributed by atoms with Gasteiger partial charge in [0.05, 0.1) is 0 Å². The molecule has 1 fully saturated rings. The summed E-state index contributed by atoms with van der Waals surface area (Å²) in [6.07, 6.45) is 13.2. The van der Waals surface area contributed by atoms with Crippen molar-refractivity contribution in [1.29, 1.82) is 0 Å². The number of rotatable bonds is 3. The number of allylic oxidation sites excluding steroid dienone is 5. The van der Waals surface area contributed by atoms with Crippen LogP contribution >= 0.6 is 0 Å². The lowest BCUT2D eigenvalue weighted by atomic mass is 9.90. The van der Waals surface area contributed by atoms with Crippen molar-refractivity contribution in [2.75, 3.05) is 0 Å². The zero-order valence-electron chi connectivity index (χ0n) is 9.68. The number of unbranched alkanes of at least 4 members (excludes halogenated alkanes) is 1. The monoisotopic (exact) mass is 203 g/mol. The fraction of sp³-hybridized carbons (Fsp3) is 0.571. The van der Waals surface area contributed by atoms with Crippen LogP contribution in [0.3, 0.4) is 0 Å². The first-order valence-electron chi connectivity index (χ1n) is 6.17. The molecule has 1 nitrogen and oxygen atoms in total. The molecule has 0 aromatic carbocycles. The first-order chi connectivity index (χ1) is 7.29. The maximum atomic E-state index is 6.12. The Hall–Kier alpha value is -0.980. The average molecular weight is 203 g/mol. The first kappa shape index (κ1) is 10.5. The molecule has 0 spiro atoms. The van der Waals surface area contributed by atoms with Crippen molar-refractivity contribution in [2.45, 2.75) is 51.9 Å². The molecule has 0 aliphatic heterocycles. The molecule has 82 valence electrons. The van der Waals surface area contributed by atoms with E-state index in [0.29, 0.717) is 0 Å². The van der Waals surface area contributed by atoms with E-state index >= 15 is 0 Å². The lowest BCUT2D eigenvalue weighted by Crippen LogP contribution is -2.04. The molecule has 2 aliphatic carbocycles. The van der Waals surface area contributed by atoms with Gasteiger partial charge in [-0.05, 0) is 55.7 Å². The Balaban J connectivity index is 2.20. The minimum atomic E-state index is 1.05. The number of nitrogens with two attached hydrogens (primary N) is 1. The van der Waals surface area contributed by atoms with Crippen LogP contribution in [0.2, 0.25) is 0 Å². The van der Waals surface area contributed by atoms with Gasteiger partial charge in [0.25, 0.3) is 0 Å². The summed E-state index contributed by atoms with van der Waals surface area (Å²) < 4.78 is 0. The van der Waals surface area contributed by atoms with E-state index in [4.69, 9.17) is 5.73 Å². The van der Waals surface area contributed by atoms with E-state index in [2.05, 4.69) is 19.1 Å². The molecule has 0 amide bonds. The Morgan fingerprint density at radius 2 is 2.13 bits per heavy atom. The summed E-state index contributed by atoms with van der Waals surface area (Å²) in [5.41, 5.74) is 11.7. The molecule has 2 bridgehead atoms. The molecule has 1 heteroatoms. The zero-order chi connectivity index (χ0) is 10.7. The molecule has 0 aromatic rings. The van der Waals surface area contributed by atoms with Crippen LogP contribution in [-0.4, -0.2) is 0 Å². The van der Waals surface area contributed by atoms with Gasteiger partial charge < -0.3 is 5.73 Å². The Kier molecular flexibility index (Phi) is 3.30. The van der Waals surface area contributed by atoms with E-state index in [9.17, 15) is 0 Å². The van der Waals surface area contributed by atoms with Crippen LogP contribution in [0.4, 0.5) is 0 Å². The second kappa shape index (κ2) is 4.69. The van der Waals surface area contributed by atoms with Gasteiger partial charge in [0.15, 0.2) is 0 Å². The van der Waals surface area contributed by atoms with Crippen molar-refractivity contribution in [3.05, 3.63) is 34.6 Å². The lowest BCUT2D eigenvalue weighted by Gasteiger charge is -2.17. The van der Waals surface area contributed by atoms with E-state index < -0.39 is 0 Å². The van der Waals surface area contributed by atoms with Crippen molar-refractivity contribution >= 4 is 0 Å². The van der Waals surface area contributed by atoms with Crippen molar-refractivity contribution in [2.24, 2.45) is 5.73 Å². The van der Waals surface area contributed by atoms with Crippen molar-refractivity contribution in [1.82, 2.24) is 0 Å². The first-order valence-corrected chi connectivity index (χ1v) is 6.17. The Bertz CT molecular complexity index is 331. The third kappa shape index (κ3) is 2.53. The Morgan fingerprint density at radius 1 is 1.27 bits per heavy atom. The fourth-order valence-electron chi connectivity index (χ4n) is 2.48. The number of hydrogen-bond donors (Lipinski definition) is 1. The molecular formula is C14H21N. The molecule has 2 aliphatic rings. The molecule has 0 heterocycles. The van der Waals surface area contributed by atoms with Crippen LogP contribution in [0.25, 0.3) is 0 Å². The minimum absolute atomic E-state index is 1.05. The molecule has 2 rings (SSSR count). The summed E-state index contributed by atoms with van der Waals surface area (Å²) >= 11 is 0. The third-order valence-electron chi connectivity index (χ3n) is 3.37. The maximum Gasteiger partial charge on any atom is 0.0311 e. The minimum Gasteiger partial charge on any atom is -0.399 e. The smallest absolute Gasteiger partial charge is 0.0311 e. The largest absolute Gasteiger partial charge is 0.399 e. The van der Waals surface area contributed by atoms with Gasteiger partial charge in [-0.25, -0.2) is 0 Å². The predicted molar refractivity (Wildman–Crippen MR) is 65.4 cm³/mol. The summed E-state index contributed by atoms with van der Waals surface area (Å²) in [6, 6.07) is 0. The predicted octanol–water partition coefficient (Wildman–Crippen LogP) is 3.83. The van der Waals surface area contributed by atoms with Crippen LogP contribution in [0, 0.1) is 0 Å². The highest BCUT2D eigenvalue weighted by molar-refractivity contribution is 5.40. The SMILES string of the molecule is CCCCC1=CC(N)=C2CCCC(=C1)C2. The molecule has 0 radical (unpaired) electrons. The molecule has 0 saturated heterocycles. The van der Waals surface area contributed by atoms with Crippen LogP contribution in [0.15, 0.2) is 34.6 Å². The normalized spacial score (nSPS) is 20.9. The summed E-state index contributed by atoms with van der Waals surface area (Å²) in [6.45, 7) is 2.24. The molecule has 0 aromatic heterocycles. The van der Waals surface area contributed by atoms with Crippen molar-refractivity contribution < 1.29 is 0 Å². The van der Waals surface area contributed by atoms with Gasteiger partial charge in [0, 0.05) is 5.70 Å². The topological polar surface area (TPSA) is 26.0 Å². The van der Waals surface area contributed by atoms with Gasteiger partial charge in [0.2, 0.25) is 0 Å². The molecule has 0 unspecified atom stereocenters. The van der Waals surface area contributed by atoms with Gasteiger partial charge in [-0.3, -0.25) is 0 Å². The highest BCUT2D eigenvalue weighted by atomic mass is 14.6. The molecule has 0 atom stereocenters. The van der Waals surface area contributed by atoms with E-state index in [1.54, 1.807) is 5.57 Å². The summed E-state index contributed by atoms with van der Waals surface area (Å²) in [7, 11) is 0. The Morgan fingerprint density at radius 3 is 2.93 bits per heavy atom. The Labute approximate surface area is 92.7 Å². The highest BCUT2D eigenvalue weighted by Gasteiger charge is 2.15. The number of hydrogen-bond acceptors (Lipinski definition) is 1. The second-order valence-electron chi connectivity index (χ2n) is 4.71. The van der Waals surface area contributed by atoms with Crippen molar-refractivity contribution in [3.8, 4) is 0 Å². The quantitative estimate of drug-likeness (QED) is 0.741. The van der Waals surface area contributed by atoms with Crippen LogP contribution < -0.4 is 5.73 Å². The second-order valence-corrected chi connectivity index (χ2v) is 4.71. The average Bonchev–Trinajstić information content (AvgIpc) is 2.35. The molecule has 1 saturated carbocycles. The summed E-state index contributed by atoms with van der Waals surface area (Å²) in [5, 5.41) is 0. The maximum absolute atomic E-state index is 6.12. The zero-order valence-corrected chi connectivity index (χ0v) is 9.68. The fourth-order valence-corrected chi connectivity index (χ4v) is 2.48. The van der Waals surface area contributed by atoms with Crippen molar-refractivity contribution in [3.63, 3.8) is 0 Å². The molecule has 15 heavy (non-hydrogen) atoms. The molecular weight excluding hydrogens is 182 g/mol. The van der Waals surface area contributed by atoms with Crippen LogP contribution in [-0.2, 0) is 0 Å². The van der Waals surface area contributed by atoms with Gasteiger partial charge in [-0.15, -0.1) is 0 Å². The van der Waals surface area contributed by atoms with Gasteiger partial charge in [0.1, 0.15) is 0 Å². The van der Waals surface area contributed by atoms with E-state index in [1.807, 2.05) is 0 Å². The summed E-state index contributed by atoms with van der Waals surface area (Å²) in [5.74, 6) is 0. The van der Waals surface area contributed by atoms with E-state index in [1.165, 1.54) is 49.7 Å². The van der Waals surface area contributed by atoms with E-state index in [-0.39, 0.29) is 0 Å². The van der Waals surface area contributed by atoms with E-state index in [0.717, 1.165) is 12.1 Å². The standard InChI is InChI=1S/C14H21N/c1-2-3-5-12-8-11-6-4-7-13(9-11)14(15)10-12/h8,10H,2-7,9,15H2,1H3. The third-order valence-corrected chi connectivity index (χ3v) is 3.37. The van der Waals surface area contributed by atoms with Gasteiger partial charge >= 0.3 is 0 Å². The van der Waals surface area contributed by atoms with Gasteiger partial charge in [-0.1, -0.05) is 25.0 Å². The van der Waals surface area contributed by atoms with Crippen LogP contribution in [0.5, 0.6) is 0 Å². The molecule has 2 N–H and O–H groups in total.